The largest absolute Gasteiger partial charge is 0.492 e. The molecule has 2 amide bonds. The number of nitrogens with zero attached hydrogens (tertiary/aromatic N) is 5. The van der Waals surface area contributed by atoms with Gasteiger partial charge in [0.05, 0.1) is 29.9 Å². The summed E-state index contributed by atoms with van der Waals surface area (Å²) < 4.78 is 67.4. The lowest BCUT2D eigenvalue weighted by atomic mass is 10.1. The molecule has 1 fully saturated rings. The number of ether oxygens (including phenoxy) is 1. The average molecular weight is 599 g/mol. The Morgan fingerprint density at radius 2 is 1.82 bits per heavy atom. The third-order valence-electron chi connectivity index (χ3n) is 5.84. The number of hydrogen-bond donors (Lipinski definition) is 1. The van der Waals surface area contributed by atoms with Crippen molar-refractivity contribution in [1.82, 2.24) is 24.8 Å². The van der Waals surface area contributed by atoms with Gasteiger partial charge in [-0.3, -0.25) is 14.6 Å². The molecule has 1 saturated heterocycles. The number of carbonyl (C=O) groups is 2. The minimum atomic E-state index is -4.67. The van der Waals surface area contributed by atoms with Crippen LogP contribution < -0.4 is 14.4 Å². The number of sulfonamides is 1. The van der Waals surface area contributed by atoms with Crippen molar-refractivity contribution in [3.8, 4) is 16.9 Å². The standard InChI is InChI=1S/C24H25F3N6O5S2/c1-2-38-18-11-16(13-28-14-18)17-12-20(39-15-17)23(35)33-8-6-32(7-9-33)21-4-3-19(29-30-21)22(34)31-40(36,37)10-5-24(25,26)27/h3-4,11-15H,2,5-10H2,1H3,(H,31,34). The summed E-state index contributed by atoms with van der Waals surface area (Å²) in [7, 11) is -4.49. The highest BCUT2D eigenvalue weighted by molar-refractivity contribution is 7.90. The SMILES string of the molecule is CCOc1cncc(-c2csc(C(=O)N3CCN(c4ccc(C(=O)NS(=O)(=O)CCC(F)(F)F)nn4)CC3)c2)c1. The number of rotatable bonds is 9. The Bertz CT molecular complexity index is 1460. The van der Waals surface area contributed by atoms with Crippen LogP contribution in [0.25, 0.3) is 11.1 Å². The van der Waals surface area contributed by atoms with Gasteiger partial charge in [-0.15, -0.1) is 21.5 Å². The Kier molecular flexibility index (Phi) is 8.88. The topological polar surface area (TPSA) is 135 Å². The first kappa shape index (κ1) is 29.2. The van der Waals surface area contributed by atoms with Crippen LogP contribution in [0.4, 0.5) is 19.0 Å². The number of nitrogens with one attached hydrogen (secondary N) is 1. The highest BCUT2D eigenvalue weighted by Gasteiger charge is 2.31. The molecule has 3 aromatic rings. The quantitative estimate of drug-likeness (QED) is 0.395. The normalized spacial score (nSPS) is 14.2. The van der Waals surface area contributed by atoms with Crippen molar-refractivity contribution >= 4 is 39.0 Å². The summed E-state index contributed by atoms with van der Waals surface area (Å²) >= 11 is 1.34. The molecule has 1 aliphatic heterocycles. The zero-order valence-corrected chi connectivity index (χ0v) is 22.9. The molecule has 4 rings (SSSR count). The zero-order chi connectivity index (χ0) is 28.9. The van der Waals surface area contributed by atoms with Gasteiger partial charge in [-0.1, -0.05) is 0 Å². The van der Waals surface area contributed by atoms with E-state index in [1.54, 1.807) is 22.0 Å². The van der Waals surface area contributed by atoms with E-state index in [2.05, 4.69) is 15.2 Å². The maximum absolute atomic E-state index is 13.1. The number of aromatic nitrogens is 3. The molecule has 0 unspecified atom stereocenters. The number of piperazine rings is 1. The first-order valence-electron chi connectivity index (χ1n) is 12.1. The summed E-state index contributed by atoms with van der Waals surface area (Å²) in [5, 5.41) is 9.56. The smallest absolute Gasteiger partial charge is 0.390 e. The molecule has 0 bridgehead atoms. The van der Waals surface area contributed by atoms with E-state index in [4.69, 9.17) is 4.74 Å². The van der Waals surface area contributed by atoms with Gasteiger partial charge in [0.25, 0.3) is 11.8 Å². The summed E-state index contributed by atoms with van der Waals surface area (Å²) in [4.78, 5) is 33.6. The Morgan fingerprint density at radius 1 is 1.07 bits per heavy atom. The van der Waals surface area contributed by atoms with Gasteiger partial charge >= 0.3 is 6.18 Å². The molecule has 1 N–H and O–H groups in total. The second-order valence-corrected chi connectivity index (χ2v) is 11.5. The van der Waals surface area contributed by atoms with Gasteiger partial charge in [0.15, 0.2) is 11.5 Å². The Morgan fingerprint density at radius 3 is 2.48 bits per heavy atom. The van der Waals surface area contributed by atoms with Gasteiger partial charge in [0, 0.05) is 37.9 Å². The van der Waals surface area contributed by atoms with Crippen molar-refractivity contribution < 1.29 is 35.9 Å². The maximum Gasteiger partial charge on any atom is 0.390 e. The molecule has 4 heterocycles. The molecule has 0 aliphatic carbocycles. The molecular formula is C24H25F3N6O5S2. The van der Waals surface area contributed by atoms with Crippen molar-refractivity contribution in [2.45, 2.75) is 19.5 Å². The molecule has 0 saturated carbocycles. The van der Waals surface area contributed by atoms with E-state index in [0.29, 0.717) is 49.2 Å². The Hall–Kier alpha value is -3.79. The third kappa shape index (κ3) is 7.65. The number of carbonyl (C=O) groups excluding carboxylic acids is 2. The fourth-order valence-electron chi connectivity index (χ4n) is 3.83. The maximum atomic E-state index is 13.1. The van der Waals surface area contributed by atoms with Crippen LogP contribution in [0.15, 0.2) is 42.0 Å². The van der Waals surface area contributed by atoms with Crippen molar-refractivity contribution in [2.24, 2.45) is 0 Å². The van der Waals surface area contributed by atoms with E-state index >= 15 is 0 Å². The van der Waals surface area contributed by atoms with Crippen molar-refractivity contribution in [1.29, 1.82) is 0 Å². The second kappa shape index (κ2) is 12.2. The highest BCUT2D eigenvalue weighted by atomic mass is 32.2. The molecule has 40 heavy (non-hydrogen) atoms. The molecule has 16 heteroatoms. The number of pyridine rings is 1. The fourth-order valence-corrected chi connectivity index (χ4v) is 5.70. The van der Waals surface area contributed by atoms with Gasteiger partial charge < -0.3 is 14.5 Å². The number of alkyl halides is 3. The highest BCUT2D eigenvalue weighted by Crippen LogP contribution is 2.29. The minimum Gasteiger partial charge on any atom is -0.492 e. The third-order valence-corrected chi connectivity index (χ3v) is 8.00. The first-order valence-corrected chi connectivity index (χ1v) is 14.6. The molecule has 0 atom stereocenters. The van der Waals surface area contributed by atoms with E-state index in [0.717, 1.165) is 11.1 Å². The summed E-state index contributed by atoms with van der Waals surface area (Å²) in [6.07, 6.45) is -2.91. The van der Waals surface area contributed by atoms with Gasteiger partial charge in [-0.25, -0.2) is 13.1 Å². The molecule has 214 valence electrons. The Labute approximate surface area is 232 Å². The number of thiophene rings is 1. The summed E-state index contributed by atoms with van der Waals surface area (Å²) in [5.74, 6) is -1.49. The monoisotopic (exact) mass is 598 g/mol. The Balaban J connectivity index is 1.31. The molecule has 0 aromatic carbocycles. The van der Waals surface area contributed by atoms with Gasteiger partial charge in [-0.05, 0) is 42.1 Å². The van der Waals surface area contributed by atoms with E-state index in [-0.39, 0.29) is 11.6 Å². The molecule has 1 aliphatic rings. The average Bonchev–Trinajstić information content (AvgIpc) is 3.42. The molecule has 0 radical (unpaired) electrons. The first-order chi connectivity index (χ1) is 18.9. The van der Waals surface area contributed by atoms with Crippen LogP contribution in [0.3, 0.4) is 0 Å². The van der Waals surface area contributed by atoms with E-state index in [1.165, 1.54) is 23.5 Å². The summed E-state index contributed by atoms with van der Waals surface area (Å²) in [6.45, 7) is 4.11. The molecular weight excluding hydrogens is 573 g/mol. The predicted octanol–water partition coefficient (Wildman–Crippen LogP) is 2.97. The van der Waals surface area contributed by atoms with Crippen LogP contribution >= 0.6 is 11.3 Å². The summed E-state index contributed by atoms with van der Waals surface area (Å²) in [6, 6.07) is 6.38. The lowest BCUT2D eigenvalue weighted by molar-refractivity contribution is -0.130. The van der Waals surface area contributed by atoms with E-state index < -0.39 is 34.3 Å². The van der Waals surface area contributed by atoms with Crippen LogP contribution in [0.5, 0.6) is 5.75 Å². The van der Waals surface area contributed by atoms with Crippen molar-refractivity contribution in [3.05, 3.63) is 52.6 Å². The molecule has 0 spiro atoms. The van der Waals surface area contributed by atoms with Crippen molar-refractivity contribution in [3.63, 3.8) is 0 Å². The lowest BCUT2D eigenvalue weighted by Crippen LogP contribution is -2.49. The number of amides is 2. The van der Waals surface area contributed by atoms with Gasteiger partial charge in [0.1, 0.15) is 5.75 Å². The predicted molar refractivity (Wildman–Crippen MR) is 141 cm³/mol. The van der Waals surface area contributed by atoms with Gasteiger partial charge in [0.2, 0.25) is 10.0 Å². The number of halogens is 3. The van der Waals surface area contributed by atoms with Crippen molar-refractivity contribution in [2.75, 3.05) is 43.4 Å². The van der Waals surface area contributed by atoms with Gasteiger partial charge in [-0.2, -0.15) is 13.2 Å². The summed E-state index contributed by atoms with van der Waals surface area (Å²) in [5.41, 5.74) is 1.36. The van der Waals surface area contributed by atoms with E-state index in [9.17, 15) is 31.2 Å². The van der Waals surface area contributed by atoms with Crippen LogP contribution in [0.1, 0.15) is 33.5 Å². The number of anilines is 1. The van der Waals surface area contributed by atoms with Crippen LogP contribution in [0.2, 0.25) is 0 Å². The van der Waals surface area contributed by atoms with Crippen LogP contribution in [-0.2, 0) is 10.0 Å². The number of hydrogen-bond acceptors (Lipinski definition) is 10. The van der Waals surface area contributed by atoms with Crippen LogP contribution in [-0.4, -0.2) is 85.0 Å². The fraction of sp³-hybridized carbons (Fsp3) is 0.375. The molecule has 11 nitrogen and oxygen atoms in total. The van der Waals surface area contributed by atoms with E-state index in [1.807, 2.05) is 29.3 Å². The lowest BCUT2D eigenvalue weighted by Gasteiger charge is -2.35. The molecule has 3 aromatic heterocycles. The minimum absolute atomic E-state index is 0.102. The second-order valence-electron chi connectivity index (χ2n) is 8.71. The zero-order valence-electron chi connectivity index (χ0n) is 21.2. The van der Waals surface area contributed by atoms with Crippen LogP contribution in [0, 0.1) is 0 Å².